The van der Waals surface area contributed by atoms with E-state index in [1.54, 1.807) is 6.07 Å². The fourth-order valence-corrected chi connectivity index (χ4v) is 3.64. The van der Waals surface area contributed by atoms with Crippen LogP contribution in [0.1, 0.15) is 0 Å². The molecule has 1 aliphatic heterocycles. The van der Waals surface area contributed by atoms with Crippen LogP contribution in [0.25, 0.3) is 0 Å². The van der Waals surface area contributed by atoms with Gasteiger partial charge in [0.2, 0.25) is 0 Å². The fourth-order valence-electron chi connectivity index (χ4n) is 0.719. The molecule has 3 nitrogen and oxygen atoms in total. The van der Waals surface area contributed by atoms with Gasteiger partial charge in [0.1, 0.15) is 11.6 Å². The fraction of sp³-hybridized carbons (Fsp3) is 0.200. The normalized spacial score (nSPS) is 20.2. The monoisotopic (exact) mass is 309 g/mol. The van der Waals surface area contributed by atoms with Crippen LogP contribution in [0, 0.1) is 11.3 Å². The third kappa shape index (κ3) is 2.79. The van der Waals surface area contributed by atoms with Crippen LogP contribution in [0.3, 0.4) is 0 Å². The maximum Gasteiger partial charge on any atom is 0.254 e. The Morgan fingerprint density at radius 1 is 1.36 bits per heavy atom. The Labute approximate surface area is 105 Å². The molecule has 0 saturated carbocycles. The van der Waals surface area contributed by atoms with E-state index in [0.717, 1.165) is 0 Å². The van der Waals surface area contributed by atoms with Gasteiger partial charge in [-0.3, -0.25) is 0 Å². The summed E-state index contributed by atoms with van der Waals surface area (Å²) < 4.78 is 7.44. The van der Waals surface area contributed by atoms with E-state index >= 15 is 0 Å². The zero-order chi connectivity index (χ0) is 10.9. The van der Waals surface area contributed by atoms with Crippen LogP contribution in [-0.4, -0.2) is 10.0 Å². The summed E-state index contributed by atoms with van der Waals surface area (Å²) in [7, 11) is 0. The lowest BCUT2D eigenvalue weighted by Crippen LogP contribution is -2.04. The molecule has 0 N–H and O–H groups in total. The molecule has 1 heterocycles. The third-order valence-corrected chi connectivity index (χ3v) is 3.83. The van der Waals surface area contributed by atoms with Gasteiger partial charge in [-0.1, -0.05) is 34.8 Å². The first kappa shape index (κ1) is 12.6. The lowest BCUT2D eigenvalue weighted by Gasteiger charge is -2.14. The summed E-state index contributed by atoms with van der Waals surface area (Å²) in [5.74, 6) is -2.91. The van der Waals surface area contributed by atoms with Crippen LogP contribution >= 0.6 is 63.2 Å². The number of allylic oxidation sites excluding steroid dienone is 2. The summed E-state index contributed by atoms with van der Waals surface area (Å²) in [6, 6.07) is 1.78. The minimum atomic E-state index is -2.91. The van der Waals surface area contributed by atoms with Gasteiger partial charge in [-0.25, -0.2) is 9.51 Å². The van der Waals surface area contributed by atoms with Crippen molar-refractivity contribution in [3.8, 4) is 6.07 Å². The first-order valence-corrected chi connectivity index (χ1v) is 7.83. The Morgan fingerprint density at radius 3 is 2.36 bits per heavy atom. The van der Waals surface area contributed by atoms with E-state index in [-0.39, 0.29) is 16.4 Å². The van der Waals surface area contributed by atoms with E-state index < -0.39 is 10.7 Å². The van der Waals surface area contributed by atoms with Gasteiger partial charge in [0, 0.05) is 0 Å². The van der Waals surface area contributed by atoms with Crippen LogP contribution in [0.5, 0.6) is 0 Å². The number of hydrogen-bond acceptors (Lipinski definition) is 3. The summed E-state index contributed by atoms with van der Waals surface area (Å²) in [6.07, 6.45) is 0. The Hall–Kier alpha value is 0.580. The van der Waals surface area contributed by atoms with Crippen LogP contribution in [0.4, 0.5) is 0 Å². The SMILES string of the molecule is N#CC1=C(C(Cl)Cl)N=P(Cl)(Cl)N=C1Cl. The van der Waals surface area contributed by atoms with Gasteiger partial charge in [-0.2, -0.15) is 5.26 Å². The zero-order valence-electron chi connectivity index (χ0n) is 6.26. The van der Waals surface area contributed by atoms with Gasteiger partial charge in [0.15, 0.2) is 10.0 Å². The number of alkyl halides is 2. The van der Waals surface area contributed by atoms with Crippen LogP contribution in [0.15, 0.2) is 20.8 Å². The topological polar surface area (TPSA) is 48.5 Å². The molecule has 0 aromatic heterocycles. The summed E-state index contributed by atoms with van der Waals surface area (Å²) in [6.45, 7) is 0. The highest BCUT2D eigenvalue weighted by atomic mass is 35.9. The minimum Gasteiger partial charge on any atom is -0.217 e. The highest BCUT2D eigenvalue weighted by Crippen LogP contribution is 2.65. The predicted octanol–water partition coefficient (Wildman–Crippen LogP) is 4.64. The molecule has 0 saturated heterocycles. The molecular weight excluding hydrogens is 310 g/mol. The van der Waals surface area contributed by atoms with E-state index in [2.05, 4.69) is 9.51 Å². The molecule has 1 aliphatic rings. The van der Waals surface area contributed by atoms with Crippen molar-refractivity contribution in [1.82, 2.24) is 0 Å². The first-order valence-electron chi connectivity index (χ1n) is 3.07. The zero-order valence-corrected chi connectivity index (χ0v) is 10.9. The Bertz CT molecular complexity index is 412. The van der Waals surface area contributed by atoms with Gasteiger partial charge >= 0.3 is 0 Å². The summed E-state index contributed by atoms with van der Waals surface area (Å²) in [4.78, 5) is -1.01. The highest BCUT2D eigenvalue weighted by molar-refractivity contribution is 8.09. The molecule has 0 radical (unpaired) electrons. The molecule has 76 valence electrons. The van der Waals surface area contributed by atoms with E-state index in [1.807, 2.05) is 0 Å². The molecule has 1 rings (SSSR count). The molecule has 14 heavy (non-hydrogen) atoms. The number of hydrogen-bond donors (Lipinski definition) is 0. The van der Waals surface area contributed by atoms with Gasteiger partial charge in [0.05, 0.1) is 5.70 Å². The van der Waals surface area contributed by atoms with Gasteiger partial charge < -0.3 is 0 Å². The molecule has 0 unspecified atom stereocenters. The molecular formula is C5HCl5N3P. The third-order valence-electron chi connectivity index (χ3n) is 1.22. The maximum atomic E-state index is 8.73. The Balaban J connectivity index is 3.42. The van der Waals surface area contributed by atoms with E-state index in [9.17, 15) is 0 Å². The second-order valence-electron chi connectivity index (χ2n) is 2.12. The van der Waals surface area contributed by atoms with Crippen molar-refractivity contribution in [3.05, 3.63) is 11.3 Å². The van der Waals surface area contributed by atoms with Crippen LogP contribution in [-0.2, 0) is 0 Å². The summed E-state index contributed by atoms with van der Waals surface area (Å²) in [5.41, 5.74) is 0.0627. The van der Waals surface area contributed by atoms with Crippen LogP contribution in [0.2, 0.25) is 0 Å². The number of nitrogens with zero attached hydrogens (tertiary/aromatic N) is 3. The molecule has 0 spiro atoms. The first-order chi connectivity index (χ1) is 6.37. The second-order valence-corrected chi connectivity index (χ2v) is 8.23. The van der Waals surface area contributed by atoms with Gasteiger partial charge in [-0.05, 0) is 22.5 Å². The second kappa shape index (κ2) is 4.61. The van der Waals surface area contributed by atoms with E-state index in [0.29, 0.717) is 0 Å². The largest absolute Gasteiger partial charge is 0.254 e. The number of rotatable bonds is 1. The number of halogens is 5. The van der Waals surface area contributed by atoms with Gasteiger partial charge in [-0.15, -0.1) is 0 Å². The van der Waals surface area contributed by atoms with Crippen molar-refractivity contribution in [1.29, 1.82) is 5.26 Å². The average molecular weight is 311 g/mol. The number of nitriles is 1. The highest BCUT2D eigenvalue weighted by Gasteiger charge is 2.26. The standard InChI is InChI=1S/C5HCl5N3P/c6-4(7)3-2(1-11)5(8)13-14(9,10)12-3/h4H. The lowest BCUT2D eigenvalue weighted by atomic mass is 10.2. The Morgan fingerprint density at radius 2 is 1.93 bits per heavy atom. The average Bonchev–Trinajstić information content (AvgIpc) is 2.01. The molecule has 0 atom stereocenters. The smallest absolute Gasteiger partial charge is 0.217 e. The molecule has 0 amide bonds. The minimum absolute atomic E-state index is 0.00130. The lowest BCUT2D eigenvalue weighted by molar-refractivity contribution is 1.25. The summed E-state index contributed by atoms with van der Waals surface area (Å²) >= 11 is 28.2. The molecule has 0 aliphatic carbocycles. The molecule has 0 fully saturated rings. The molecule has 9 heteroatoms. The van der Waals surface area contributed by atoms with Crippen molar-refractivity contribution in [2.45, 2.75) is 4.84 Å². The van der Waals surface area contributed by atoms with Crippen LogP contribution < -0.4 is 0 Å². The van der Waals surface area contributed by atoms with E-state index in [1.165, 1.54) is 0 Å². The van der Waals surface area contributed by atoms with Gasteiger partial charge in [0.25, 0.3) is 5.91 Å². The Kier molecular flexibility index (Phi) is 4.17. The molecule has 0 aromatic rings. The van der Waals surface area contributed by atoms with Crippen molar-refractivity contribution in [2.75, 3.05) is 0 Å². The summed E-state index contributed by atoms with van der Waals surface area (Å²) in [5, 5.41) is 8.62. The molecule has 0 aromatic carbocycles. The van der Waals surface area contributed by atoms with Crippen molar-refractivity contribution < 1.29 is 0 Å². The predicted molar refractivity (Wildman–Crippen MR) is 62.5 cm³/mol. The quantitative estimate of drug-likeness (QED) is 0.514. The van der Waals surface area contributed by atoms with Crippen molar-refractivity contribution >= 4 is 68.4 Å². The maximum absolute atomic E-state index is 8.73. The van der Waals surface area contributed by atoms with E-state index in [4.69, 9.17) is 62.5 Å². The molecule has 0 bridgehead atoms. The van der Waals surface area contributed by atoms with Crippen molar-refractivity contribution in [2.24, 2.45) is 9.51 Å². The van der Waals surface area contributed by atoms with Crippen molar-refractivity contribution in [3.63, 3.8) is 0 Å².